The minimum Gasteiger partial charge on any atom is -0.483 e. The fourth-order valence-electron chi connectivity index (χ4n) is 4.04. The highest BCUT2D eigenvalue weighted by Crippen LogP contribution is 2.26. The monoisotopic (exact) mass is 500 g/mol. The second-order valence-electron chi connectivity index (χ2n) is 8.43. The van der Waals surface area contributed by atoms with Crippen LogP contribution in [0.3, 0.4) is 0 Å². The Morgan fingerprint density at radius 3 is 2.47 bits per heavy atom. The van der Waals surface area contributed by atoms with Gasteiger partial charge in [-0.05, 0) is 65.4 Å². The molecule has 3 rings (SSSR count). The Hall–Kier alpha value is -2.34. The van der Waals surface area contributed by atoms with Gasteiger partial charge in [0.15, 0.2) is 6.61 Å². The number of rotatable bonds is 9. The number of halogens is 1. The maximum atomic E-state index is 13.2. The summed E-state index contributed by atoms with van der Waals surface area (Å²) in [5.41, 5.74) is 2.17. The molecule has 32 heavy (non-hydrogen) atoms. The van der Waals surface area contributed by atoms with Gasteiger partial charge in [-0.3, -0.25) is 9.59 Å². The zero-order valence-electron chi connectivity index (χ0n) is 19.0. The average molecular weight is 501 g/mol. The lowest BCUT2D eigenvalue weighted by molar-refractivity contribution is -0.142. The van der Waals surface area contributed by atoms with E-state index in [1.165, 1.54) is 12.0 Å². The molecule has 172 valence electrons. The quantitative estimate of drug-likeness (QED) is 0.510. The van der Waals surface area contributed by atoms with Crippen molar-refractivity contribution in [1.82, 2.24) is 10.2 Å². The van der Waals surface area contributed by atoms with E-state index in [2.05, 4.69) is 28.2 Å². The van der Waals surface area contributed by atoms with Crippen LogP contribution in [-0.2, 0) is 22.6 Å². The molecular weight excluding hydrogens is 468 g/mol. The van der Waals surface area contributed by atoms with Gasteiger partial charge in [0.05, 0.1) is 4.47 Å². The molecule has 6 heteroatoms. The van der Waals surface area contributed by atoms with Gasteiger partial charge in [0, 0.05) is 12.6 Å². The third kappa shape index (κ3) is 6.83. The van der Waals surface area contributed by atoms with Crippen LogP contribution in [0.25, 0.3) is 0 Å². The summed E-state index contributed by atoms with van der Waals surface area (Å²) >= 11 is 3.52. The zero-order chi connectivity index (χ0) is 22.9. The topological polar surface area (TPSA) is 58.6 Å². The second-order valence-corrected chi connectivity index (χ2v) is 9.29. The number of amides is 2. The van der Waals surface area contributed by atoms with Crippen LogP contribution in [0.1, 0.15) is 57.1 Å². The lowest BCUT2D eigenvalue weighted by atomic mass is 9.95. The first-order chi connectivity index (χ1) is 15.5. The van der Waals surface area contributed by atoms with Gasteiger partial charge in [-0.1, -0.05) is 62.6 Å². The maximum absolute atomic E-state index is 13.2. The summed E-state index contributed by atoms with van der Waals surface area (Å²) in [6.07, 6.45) is 6.46. The van der Waals surface area contributed by atoms with Crippen molar-refractivity contribution in [3.8, 4) is 5.75 Å². The van der Waals surface area contributed by atoms with Crippen LogP contribution in [0.2, 0.25) is 0 Å². The van der Waals surface area contributed by atoms with Crippen molar-refractivity contribution in [2.45, 2.75) is 71.0 Å². The van der Waals surface area contributed by atoms with Crippen molar-refractivity contribution in [2.75, 3.05) is 6.61 Å². The molecule has 0 aromatic heterocycles. The van der Waals surface area contributed by atoms with Gasteiger partial charge in [0.1, 0.15) is 11.8 Å². The van der Waals surface area contributed by atoms with Crippen LogP contribution in [0.5, 0.6) is 5.75 Å². The molecule has 0 unspecified atom stereocenters. The van der Waals surface area contributed by atoms with Crippen LogP contribution < -0.4 is 10.1 Å². The summed E-state index contributed by atoms with van der Waals surface area (Å²) in [4.78, 5) is 27.8. The highest BCUT2D eigenvalue weighted by molar-refractivity contribution is 9.10. The Kier molecular flexibility index (Phi) is 9.15. The number of hydrogen-bond acceptors (Lipinski definition) is 3. The zero-order valence-corrected chi connectivity index (χ0v) is 20.6. The Morgan fingerprint density at radius 1 is 1.09 bits per heavy atom. The summed E-state index contributed by atoms with van der Waals surface area (Å²) in [6, 6.07) is 15.2. The first-order valence-electron chi connectivity index (χ1n) is 11.5. The number of carbonyl (C=O) groups is 2. The molecule has 1 aliphatic rings. The number of ether oxygens (including phenoxy) is 1. The number of hydrogen-bond donors (Lipinski definition) is 1. The van der Waals surface area contributed by atoms with Crippen LogP contribution >= 0.6 is 15.9 Å². The fourth-order valence-corrected chi connectivity index (χ4v) is 4.58. The van der Waals surface area contributed by atoms with Gasteiger partial charge in [0.25, 0.3) is 5.91 Å². The standard InChI is InChI=1S/C26H33BrN2O3/c1-3-20-14-15-24(23(27)16-20)32-18-25(30)29(17-21-10-6-4-7-11-21)19(2)26(31)28-22-12-8-5-9-13-22/h4,6-7,10-11,14-16,19,22H,3,5,8-9,12-13,17-18H2,1-2H3,(H,28,31)/t19-/m0/s1. The van der Waals surface area contributed by atoms with Crippen LogP contribution in [0.15, 0.2) is 53.0 Å². The number of aryl methyl sites for hydroxylation is 1. The first-order valence-corrected chi connectivity index (χ1v) is 12.3. The van der Waals surface area contributed by atoms with E-state index in [4.69, 9.17) is 4.74 Å². The smallest absolute Gasteiger partial charge is 0.261 e. The van der Waals surface area contributed by atoms with Crippen LogP contribution in [0.4, 0.5) is 0 Å². The molecule has 2 aromatic rings. The number of nitrogens with one attached hydrogen (secondary N) is 1. The molecule has 1 aliphatic carbocycles. The second kappa shape index (κ2) is 12.0. The average Bonchev–Trinajstić information content (AvgIpc) is 2.82. The van der Waals surface area contributed by atoms with Crippen molar-refractivity contribution in [3.63, 3.8) is 0 Å². The number of carbonyl (C=O) groups excluding carboxylic acids is 2. The van der Waals surface area contributed by atoms with E-state index in [-0.39, 0.29) is 24.5 Å². The molecule has 1 fully saturated rings. The van der Waals surface area contributed by atoms with Crippen LogP contribution in [0, 0.1) is 0 Å². The predicted molar refractivity (Wildman–Crippen MR) is 130 cm³/mol. The van der Waals surface area contributed by atoms with E-state index in [0.717, 1.165) is 42.1 Å². The minimum atomic E-state index is -0.584. The number of benzene rings is 2. The summed E-state index contributed by atoms with van der Waals surface area (Å²) in [5.74, 6) is 0.302. The molecule has 1 N–H and O–H groups in total. The van der Waals surface area contributed by atoms with Gasteiger partial charge >= 0.3 is 0 Å². The largest absolute Gasteiger partial charge is 0.483 e. The number of nitrogens with zero attached hydrogens (tertiary/aromatic N) is 1. The van der Waals surface area contributed by atoms with Crippen molar-refractivity contribution < 1.29 is 14.3 Å². The van der Waals surface area contributed by atoms with Gasteiger partial charge in [-0.2, -0.15) is 0 Å². The van der Waals surface area contributed by atoms with E-state index in [0.29, 0.717) is 12.3 Å². The minimum absolute atomic E-state index is 0.102. The molecule has 2 aromatic carbocycles. The van der Waals surface area contributed by atoms with Gasteiger partial charge in [-0.25, -0.2) is 0 Å². The highest BCUT2D eigenvalue weighted by atomic mass is 79.9. The Bertz CT molecular complexity index is 897. The molecule has 0 spiro atoms. The molecule has 0 heterocycles. The van der Waals surface area contributed by atoms with Gasteiger partial charge in [-0.15, -0.1) is 0 Å². The van der Waals surface area contributed by atoms with Crippen molar-refractivity contribution in [1.29, 1.82) is 0 Å². The predicted octanol–water partition coefficient (Wildman–Crippen LogP) is 5.26. The third-order valence-corrected chi connectivity index (χ3v) is 6.69. The summed E-state index contributed by atoms with van der Waals surface area (Å²) in [7, 11) is 0. The van der Waals surface area contributed by atoms with Crippen molar-refractivity contribution in [2.24, 2.45) is 0 Å². The van der Waals surface area contributed by atoms with Crippen molar-refractivity contribution >= 4 is 27.7 Å². The molecule has 1 saturated carbocycles. The van der Waals surface area contributed by atoms with Gasteiger partial charge < -0.3 is 15.0 Å². The molecule has 0 saturated heterocycles. The van der Waals surface area contributed by atoms with Crippen LogP contribution in [-0.4, -0.2) is 35.4 Å². The summed E-state index contributed by atoms with van der Waals surface area (Å²) in [5, 5.41) is 3.15. The molecule has 0 aliphatic heterocycles. The molecule has 1 atom stereocenters. The highest BCUT2D eigenvalue weighted by Gasteiger charge is 2.28. The van der Waals surface area contributed by atoms with E-state index in [9.17, 15) is 9.59 Å². The van der Waals surface area contributed by atoms with E-state index in [1.54, 1.807) is 11.8 Å². The Morgan fingerprint density at radius 2 is 1.81 bits per heavy atom. The SMILES string of the molecule is CCc1ccc(OCC(=O)N(Cc2ccccc2)[C@@H](C)C(=O)NC2CCCCC2)c(Br)c1. The molecule has 0 bridgehead atoms. The Balaban J connectivity index is 1.69. The van der Waals surface area contributed by atoms with E-state index in [1.807, 2.05) is 48.5 Å². The van der Waals surface area contributed by atoms with E-state index >= 15 is 0 Å². The molecule has 2 amide bonds. The molecule has 0 radical (unpaired) electrons. The molecular formula is C26H33BrN2O3. The first kappa shape index (κ1) is 24.3. The maximum Gasteiger partial charge on any atom is 0.261 e. The van der Waals surface area contributed by atoms with Gasteiger partial charge in [0.2, 0.25) is 5.91 Å². The lowest BCUT2D eigenvalue weighted by Crippen LogP contribution is -2.51. The third-order valence-electron chi connectivity index (χ3n) is 6.07. The Labute approximate surface area is 199 Å². The summed E-state index contributed by atoms with van der Waals surface area (Å²) in [6.45, 7) is 4.12. The molecule has 5 nitrogen and oxygen atoms in total. The van der Waals surface area contributed by atoms with Crippen molar-refractivity contribution in [3.05, 3.63) is 64.1 Å². The van der Waals surface area contributed by atoms with E-state index < -0.39 is 6.04 Å². The normalized spacial score (nSPS) is 15.1. The summed E-state index contributed by atoms with van der Waals surface area (Å²) < 4.78 is 6.65. The lowest BCUT2D eigenvalue weighted by Gasteiger charge is -2.31. The fraction of sp³-hybridized carbons (Fsp3) is 0.462.